The fraction of sp³-hybridized carbons (Fsp3) is 0.375. The lowest BCUT2D eigenvalue weighted by Crippen LogP contribution is -2.39. The van der Waals surface area contributed by atoms with Gasteiger partial charge in [0.05, 0.1) is 0 Å². The van der Waals surface area contributed by atoms with Crippen molar-refractivity contribution in [3.05, 3.63) is 48.4 Å². The van der Waals surface area contributed by atoms with Crippen molar-refractivity contribution in [2.75, 3.05) is 13.1 Å². The minimum Gasteiger partial charge on any atom is -0.338 e. The number of likely N-dealkylation sites (tertiary alicyclic amines) is 1. The predicted octanol–water partition coefficient (Wildman–Crippen LogP) is 2.62. The maximum Gasteiger partial charge on any atom is 0.248 e. The first-order valence-electron chi connectivity index (χ1n) is 7.03. The van der Waals surface area contributed by atoms with Gasteiger partial charge >= 0.3 is 0 Å². The number of piperidine rings is 1. The summed E-state index contributed by atoms with van der Waals surface area (Å²) in [7, 11) is 0. The van der Waals surface area contributed by atoms with Crippen LogP contribution >= 0.6 is 0 Å². The summed E-state index contributed by atoms with van der Waals surface area (Å²) in [5, 5.41) is 0. The molecule has 0 spiro atoms. The van der Waals surface area contributed by atoms with Crippen LogP contribution in [0.1, 0.15) is 31.4 Å². The van der Waals surface area contributed by atoms with Gasteiger partial charge in [0.25, 0.3) is 0 Å². The molecule has 0 N–H and O–H groups in total. The molecule has 0 radical (unpaired) electrons. The van der Waals surface area contributed by atoms with Crippen LogP contribution in [-0.2, 0) is 4.79 Å². The van der Waals surface area contributed by atoms with E-state index in [-0.39, 0.29) is 5.91 Å². The molecule has 2 aromatic heterocycles. The van der Waals surface area contributed by atoms with Crippen molar-refractivity contribution in [3.63, 3.8) is 0 Å². The van der Waals surface area contributed by atoms with Crippen molar-refractivity contribution in [1.82, 2.24) is 14.3 Å². The van der Waals surface area contributed by atoms with E-state index in [9.17, 15) is 4.79 Å². The normalized spacial score (nSPS) is 19.2. The first-order valence-corrected chi connectivity index (χ1v) is 7.03. The van der Waals surface area contributed by atoms with E-state index in [0.717, 1.165) is 31.6 Å². The van der Waals surface area contributed by atoms with E-state index in [1.807, 2.05) is 29.4 Å². The molecule has 0 saturated carbocycles. The lowest BCUT2D eigenvalue weighted by molar-refractivity contribution is -0.128. The second-order valence-electron chi connectivity index (χ2n) is 5.48. The van der Waals surface area contributed by atoms with Crippen LogP contribution in [0.3, 0.4) is 0 Å². The van der Waals surface area contributed by atoms with Crippen molar-refractivity contribution in [1.29, 1.82) is 0 Å². The summed E-state index contributed by atoms with van der Waals surface area (Å²) >= 11 is 0. The fourth-order valence-electron chi connectivity index (χ4n) is 2.98. The molecule has 3 heterocycles. The highest BCUT2D eigenvalue weighted by molar-refractivity contribution is 5.92. The number of pyridine rings is 1. The van der Waals surface area contributed by atoms with Gasteiger partial charge in [0.1, 0.15) is 5.65 Å². The molecule has 1 saturated heterocycles. The summed E-state index contributed by atoms with van der Waals surface area (Å²) in [4.78, 5) is 18.3. The molecule has 1 amide bonds. The Bertz CT molecular complexity index is 659. The van der Waals surface area contributed by atoms with Crippen LogP contribution in [0.25, 0.3) is 5.65 Å². The highest BCUT2D eigenvalue weighted by Gasteiger charge is 2.26. The topological polar surface area (TPSA) is 37.6 Å². The van der Waals surface area contributed by atoms with Crippen LogP contribution < -0.4 is 0 Å². The molecule has 1 aliphatic heterocycles. The Morgan fingerprint density at radius 3 is 3.10 bits per heavy atom. The van der Waals surface area contributed by atoms with Crippen molar-refractivity contribution < 1.29 is 4.79 Å². The molecular weight excluding hydrogens is 250 g/mol. The average molecular weight is 269 g/mol. The standard InChI is InChI=1S/C16H19N3O/c1-12(2)16(20)18-9-4-5-13(11-18)14-6-3-7-15-17-8-10-19(14)15/h3,6-8,10,13H,1,4-5,9,11H2,2H3. The molecule has 1 atom stereocenters. The first-order chi connectivity index (χ1) is 9.66. The minimum atomic E-state index is 0.0764. The average Bonchev–Trinajstić information content (AvgIpc) is 2.94. The van der Waals surface area contributed by atoms with Crippen LogP contribution in [0.2, 0.25) is 0 Å². The van der Waals surface area contributed by atoms with Crippen LogP contribution in [-0.4, -0.2) is 33.3 Å². The number of amides is 1. The summed E-state index contributed by atoms with van der Waals surface area (Å²) in [6.07, 6.45) is 5.95. The molecule has 104 valence electrons. The van der Waals surface area contributed by atoms with Crippen molar-refractivity contribution in [2.45, 2.75) is 25.7 Å². The van der Waals surface area contributed by atoms with E-state index >= 15 is 0 Å². The van der Waals surface area contributed by atoms with E-state index in [1.54, 1.807) is 6.92 Å². The van der Waals surface area contributed by atoms with E-state index in [4.69, 9.17) is 0 Å². The van der Waals surface area contributed by atoms with Gasteiger partial charge in [-0.05, 0) is 31.9 Å². The van der Waals surface area contributed by atoms with Gasteiger partial charge in [-0.2, -0.15) is 0 Å². The Hall–Kier alpha value is -2.10. The monoisotopic (exact) mass is 269 g/mol. The smallest absolute Gasteiger partial charge is 0.248 e. The van der Waals surface area contributed by atoms with Gasteiger partial charge in [0.2, 0.25) is 5.91 Å². The molecule has 0 aliphatic carbocycles. The summed E-state index contributed by atoms with van der Waals surface area (Å²) in [5.74, 6) is 0.442. The number of carbonyl (C=O) groups is 1. The lowest BCUT2D eigenvalue weighted by atomic mass is 9.93. The van der Waals surface area contributed by atoms with Crippen LogP contribution in [0.15, 0.2) is 42.7 Å². The number of imidazole rings is 1. The molecule has 0 aromatic carbocycles. The SMILES string of the molecule is C=C(C)C(=O)N1CCCC(c2cccc3nccn23)C1. The van der Waals surface area contributed by atoms with Crippen molar-refractivity contribution in [3.8, 4) is 0 Å². The van der Waals surface area contributed by atoms with Crippen molar-refractivity contribution >= 4 is 11.6 Å². The highest BCUT2D eigenvalue weighted by atomic mass is 16.2. The largest absolute Gasteiger partial charge is 0.338 e. The Labute approximate surface area is 118 Å². The van der Waals surface area contributed by atoms with Gasteiger partial charge in [-0.15, -0.1) is 0 Å². The molecular formula is C16H19N3O. The second kappa shape index (κ2) is 5.12. The zero-order valence-electron chi connectivity index (χ0n) is 11.7. The zero-order valence-corrected chi connectivity index (χ0v) is 11.7. The number of hydrogen-bond acceptors (Lipinski definition) is 2. The van der Waals surface area contributed by atoms with Crippen LogP contribution in [0, 0.1) is 0 Å². The number of fused-ring (bicyclic) bond motifs is 1. The summed E-state index contributed by atoms with van der Waals surface area (Å²) in [6.45, 7) is 7.15. The van der Waals surface area contributed by atoms with Gasteiger partial charge in [0.15, 0.2) is 0 Å². The molecule has 4 nitrogen and oxygen atoms in total. The minimum absolute atomic E-state index is 0.0764. The molecule has 20 heavy (non-hydrogen) atoms. The molecule has 1 aliphatic rings. The van der Waals surface area contributed by atoms with Gasteiger partial charge in [0, 0.05) is 42.7 Å². The number of carbonyl (C=O) groups excluding carboxylic acids is 1. The van der Waals surface area contributed by atoms with Gasteiger partial charge in [-0.25, -0.2) is 4.98 Å². The van der Waals surface area contributed by atoms with E-state index in [0.29, 0.717) is 11.5 Å². The summed E-state index contributed by atoms with van der Waals surface area (Å²) < 4.78 is 2.12. The number of aromatic nitrogens is 2. The zero-order chi connectivity index (χ0) is 14.1. The van der Waals surface area contributed by atoms with Gasteiger partial charge in [-0.1, -0.05) is 12.6 Å². The Balaban J connectivity index is 1.89. The van der Waals surface area contributed by atoms with Gasteiger partial charge < -0.3 is 9.30 Å². The van der Waals surface area contributed by atoms with Crippen molar-refractivity contribution in [2.24, 2.45) is 0 Å². The quantitative estimate of drug-likeness (QED) is 0.786. The maximum atomic E-state index is 12.1. The van der Waals surface area contributed by atoms with Crippen LogP contribution in [0.5, 0.6) is 0 Å². The van der Waals surface area contributed by atoms with E-state index in [1.165, 1.54) is 5.69 Å². The van der Waals surface area contributed by atoms with E-state index in [2.05, 4.69) is 22.0 Å². The number of rotatable bonds is 2. The van der Waals surface area contributed by atoms with Crippen LogP contribution in [0.4, 0.5) is 0 Å². The Kier molecular flexibility index (Phi) is 3.30. The summed E-state index contributed by atoms with van der Waals surface area (Å²) in [5.41, 5.74) is 2.82. The Morgan fingerprint density at radius 1 is 1.45 bits per heavy atom. The lowest BCUT2D eigenvalue weighted by Gasteiger charge is -2.33. The first kappa shape index (κ1) is 12.9. The van der Waals surface area contributed by atoms with E-state index < -0.39 is 0 Å². The molecule has 4 heteroatoms. The molecule has 2 aromatic rings. The summed E-state index contributed by atoms with van der Waals surface area (Å²) in [6, 6.07) is 6.18. The number of hydrogen-bond donors (Lipinski definition) is 0. The molecule has 1 unspecified atom stereocenters. The molecule has 0 bridgehead atoms. The second-order valence-corrected chi connectivity index (χ2v) is 5.48. The fourth-order valence-corrected chi connectivity index (χ4v) is 2.98. The third-order valence-electron chi connectivity index (χ3n) is 3.95. The Morgan fingerprint density at radius 2 is 2.30 bits per heavy atom. The highest BCUT2D eigenvalue weighted by Crippen LogP contribution is 2.27. The predicted molar refractivity (Wildman–Crippen MR) is 78.6 cm³/mol. The third kappa shape index (κ3) is 2.22. The number of nitrogens with zero attached hydrogens (tertiary/aromatic N) is 3. The maximum absolute atomic E-state index is 12.1. The molecule has 3 rings (SSSR count). The molecule has 1 fully saturated rings. The van der Waals surface area contributed by atoms with Gasteiger partial charge in [-0.3, -0.25) is 4.79 Å². The third-order valence-corrected chi connectivity index (χ3v) is 3.95.